The van der Waals surface area contributed by atoms with Crippen LogP contribution in [-0.2, 0) is 11.3 Å². The van der Waals surface area contributed by atoms with Gasteiger partial charge in [0.25, 0.3) is 0 Å². The minimum atomic E-state index is -0.281. The van der Waals surface area contributed by atoms with E-state index in [1.807, 2.05) is 37.1 Å². The number of carbonyl (C=O) groups excluding carboxylic acids is 1. The summed E-state index contributed by atoms with van der Waals surface area (Å²) < 4.78 is 10.8. The van der Waals surface area contributed by atoms with E-state index in [1.54, 1.807) is 7.11 Å². The van der Waals surface area contributed by atoms with Crippen molar-refractivity contribution >= 4 is 5.91 Å². The van der Waals surface area contributed by atoms with Crippen LogP contribution in [0.15, 0.2) is 18.2 Å². The summed E-state index contributed by atoms with van der Waals surface area (Å²) in [5.74, 6) is 1.19. The lowest BCUT2D eigenvalue weighted by Crippen LogP contribution is -2.24. The first-order chi connectivity index (χ1) is 9.06. The quantitative estimate of drug-likeness (QED) is 0.772. The van der Waals surface area contributed by atoms with Crippen LogP contribution in [0.5, 0.6) is 11.5 Å². The van der Waals surface area contributed by atoms with E-state index in [-0.39, 0.29) is 5.91 Å². The molecule has 0 unspecified atom stereocenters. The standard InChI is InChI=1S/C14H22N2O3/c1-4-19-12-6-5-11(9-13(12)18-3)10-16(2)8-7-14(15)17/h5-6,9H,4,7-8,10H2,1-3H3,(H2,15,17). The molecule has 106 valence electrons. The smallest absolute Gasteiger partial charge is 0.218 e. The molecule has 0 aliphatic rings. The Bertz CT molecular complexity index is 421. The zero-order valence-corrected chi connectivity index (χ0v) is 11.8. The predicted molar refractivity (Wildman–Crippen MR) is 74.3 cm³/mol. The van der Waals surface area contributed by atoms with Gasteiger partial charge in [0.1, 0.15) is 0 Å². The van der Waals surface area contributed by atoms with Crippen molar-refractivity contribution in [2.45, 2.75) is 19.9 Å². The van der Waals surface area contributed by atoms with Crippen LogP contribution >= 0.6 is 0 Å². The number of nitrogens with zero attached hydrogens (tertiary/aromatic N) is 1. The molecule has 2 N–H and O–H groups in total. The average Bonchev–Trinajstić information content (AvgIpc) is 2.38. The number of ether oxygens (including phenoxy) is 2. The van der Waals surface area contributed by atoms with Gasteiger partial charge < -0.3 is 20.1 Å². The number of amides is 1. The molecule has 0 bridgehead atoms. The zero-order chi connectivity index (χ0) is 14.3. The van der Waals surface area contributed by atoms with Gasteiger partial charge in [0.15, 0.2) is 11.5 Å². The first kappa shape index (κ1) is 15.3. The summed E-state index contributed by atoms with van der Waals surface area (Å²) in [7, 11) is 3.57. The molecule has 0 saturated heterocycles. The van der Waals surface area contributed by atoms with Gasteiger partial charge in [0, 0.05) is 19.5 Å². The molecule has 5 nitrogen and oxygen atoms in total. The van der Waals surface area contributed by atoms with E-state index < -0.39 is 0 Å². The lowest BCUT2D eigenvalue weighted by Gasteiger charge is -2.17. The third-order valence-corrected chi connectivity index (χ3v) is 2.72. The number of hydrogen-bond acceptors (Lipinski definition) is 4. The van der Waals surface area contributed by atoms with Gasteiger partial charge in [-0.15, -0.1) is 0 Å². The van der Waals surface area contributed by atoms with Gasteiger partial charge in [-0.3, -0.25) is 4.79 Å². The van der Waals surface area contributed by atoms with Crippen molar-refractivity contribution in [1.29, 1.82) is 0 Å². The molecule has 0 aromatic heterocycles. The largest absolute Gasteiger partial charge is 0.493 e. The molecule has 0 aliphatic heterocycles. The Balaban J connectivity index is 2.65. The second-order valence-electron chi connectivity index (χ2n) is 4.37. The molecule has 0 atom stereocenters. The number of primary amides is 1. The van der Waals surface area contributed by atoms with Gasteiger partial charge in [0.05, 0.1) is 13.7 Å². The van der Waals surface area contributed by atoms with Crippen molar-refractivity contribution in [3.63, 3.8) is 0 Å². The van der Waals surface area contributed by atoms with Crippen molar-refractivity contribution in [1.82, 2.24) is 4.90 Å². The van der Waals surface area contributed by atoms with E-state index in [0.717, 1.165) is 23.6 Å². The average molecular weight is 266 g/mol. The molecule has 0 fully saturated rings. The van der Waals surface area contributed by atoms with Crippen LogP contribution in [0.3, 0.4) is 0 Å². The van der Waals surface area contributed by atoms with Crippen LogP contribution in [0.1, 0.15) is 18.9 Å². The van der Waals surface area contributed by atoms with Gasteiger partial charge in [-0.2, -0.15) is 0 Å². The Hall–Kier alpha value is -1.75. The fourth-order valence-electron chi connectivity index (χ4n) is 1.78. The number of benzene rings is 1. The molecule has 1 aromatic rings. The SMILES string of the molecule is CCOc1ccc(CN(C)CCC(N)=O)cc1OC. The van der Waals surface area contributed by atoms with Crippen LogP contribution in [0, 0.1) is 0 Å². The third kappa shape index (κ3) is 5.18. The highest BCUT2D eigenvalue weighted by atomic mass is 16.5. The lowest BCUT2D eigenvalue weighted by atomic mass is 10.2. The van der Waals surface area contributed by atoms with Crippen LogP contribution in [0.25, 0.3) is 0 Å². The van der Waals surface area contributed by atoms with E-state index in [4.69, 9.17) is 15.2 Å². The van der Waals surface area contributed by atoms with Gasteiger partial charge in [-0.1, -0.05) is 6.07 Å². The Kier molecular flexibility index (Phi) is 6.15. The topological polar surface area (TPSA) is 64.8 Å². The normalized spacial score (nSPS) is 10.5. The maximum absolute atomic E-state index is 10.7. The molecule has 1 aromatic carbocycles. The summed E-state index contributed by atoms with van der Waals surface area (Å²) in [5.41, 5.74) is 6.23. The molecule has 0 aliphatic carbocycles. The van der Waals surface area contributed by atoms with E-state index in [1.165, 1.54) is 0 Å². The van der Waals surface area contributed by atoms with Crippen molar-refractivity contribution in [2.24, 2.45) is 5.73 Å². The first-order valence-corrected chi connectivity index (χ1v) is 6.33. The molecule has 0 heterocycles. The molecule has 5 heteroatoms. The van der Waals surface area contributed by atoms with E-state index in [2.05, 4.69) is 0 Å². The van der Waals surface area contributed by atoms with Gasteiger partial charge in [0.2, 0.25) is 5.91 Å². The Morgan fingerprint density at radius 3 is 2.68 bits per heavy atom. The number of methoxy groups -OCH3 is 1. The Labute approximate surface area is 114 Å². The summed E-state index contributed by atoms with van der Waals surface area (Å²) in [6, 6.07) is 5.85. The summed E-state index contributed by atoms with van der Waals surface area (Å²) in [6.45, 7) is 3.92. The number of nitrogens with two attached hydrogens (primary N) is 1. The third-order valence-electron chi connectivity index (χ3n) is 2.72. The fraction of sp³-hybridized carbons (Fsp3) is 0.500. The molecule has 1 amide bonds. The highest BCUT2D eigenvalue weighted by Crippen LogP contribution is 2.28. The monoisotopic (exact) mass is 266 g/mol. The number of carbonyl (C=O) groups is 1. The summed E-state index contributed by atoms with van der Waals surface area (Å²) >= 11 is 0. The molecule has 0 saturated carbocycles. The highest BCUT2D eigenvalue weighted by molar-refractivity contribution is 5.73. The first-order valence-electron chi connectivity index (χ1n) is 6.33. The highest BCUT2D eigenvalue weighted by Gasteiger charge is 2.07. The minimum Gasteiger partial charge on any atom is -0.493 e. The zero-order valence-electron chi connectivity index (χ0n) is 11.8. The van der Waals surface area contributed by atoms with Crippen LogP contribution in [-0.4, -0.2) is 38.1 Å². The van der Waals surface area contributed by atoms with Gasteiger partial charge in [-0.05, 0) is 31.7 Å². The maximum atomic E-state index is 10.7. The molecule has 19 heavy (non-hydrogen) atoms. The lowest BCUT2D eigenvalue weighted by molar-refractivity contribution is -0.118. The second-order valence-corrected chi connectivity index (χ2v) is 4.37. The summed E-state index contributed by atoms with van der Waals surface area (Å²) in [4.78, 5) is 12.8. The Morgan fingerprint density at radius 2 is 2.11 bits per heavy atom. The molecule has 0 spiro atoms. The van der Waals surface area contributed by atoms with Crippen molar-refractivity contribution in [3.8, 4) is 11.5 Å². The minimum absolute atomic E-state index is 0.281. The van der Waals surface area contributed by atoms with Crippen molar-refractivity contribution < 1.29 is 14.3 Å². The summed E-state index contributed by atoms with van der Waals surface area (Å²) in [6.07, 6.45) is 0.366. The van der Waals surface area contributed by atoms with E-state index in [9.17, 15) is 4.79 Å². The van der Waals surface area contributed by atoms with Crippen LogP contribution in [0.2, 0.25) is 0 Å². The summed E-state index contributed by atoms with van der Waals surface area (Å²) in [5, 5.41) is 0. The van der Waals surface area contributed by atoms with Gasteiger partial charge >= 0.3 is 0 Å². The second kappa shape index (κ2) is 7.63. The van der Waals surface area contributed by atoms with E-state index >= 15 is 0 Å². The van der Waals surface area contributed by atoms with E-state index in [0.29, 0.717) is 19.6 Å². The van der Waals surface area contributed by atoms with Gasteiger partial charge in [-0.25, -0.2) is 0 Å². The molecule has 1 rings (SSSR count). The number of rotatable bonds is 8. The molecular formula is C14H22N2O3. The maximum Gasteiger partial charge on any atom is 0.218 e. The molecular weight excluding hydrogens is 244 g/mol. The van der Waals surface area contributed by atoms with Crippen molar-refractivity contribution in [2.75, 3.05) is 27.3 Å². The predicted octanol–water partition coefficient (Wildman–Crippen LogP) is 1.40. The van der Waals surface area contributed by atoms with Crippen LogP contribution < -0.4 is 15.2 Å². The van der Waals surface area contributed by atoms with Crippen LogP contribution in [0.4, 0.5) is 0 Å². The Morgan fingerprint density at radius 1 is 1.37 bits per heavy atom. The molecule has 0 radical (unpaired) electrons. The van der Waals surface area contributed by atoms with Crippen molar-refractivity contribution in [3.05, 3.63) is 23.8 Å². The fourth-order valence-corrected chi connectivity index (χ4v) is 1.78. The number of hydrogen-bond donors (Lipinski definition) is 1.